The first kappa shape index (κ1) is 10.2. The number of hydrogen-bond acceptors (Lipinski definition) is 2. The molecule has 7 heavy (non-hydrogen) atoms. The van der Waals surface area contributed by atoms with Gasteiger partial charge in [0.25, 0.3) is 0 Å². The first-order chi connectivity index (χ1) is 2.77. The van der Waals surface area contributed by atoms with Crippen molar-refractivity contribution in [2.75, 3.05) is 12.0 Å². The molecule has 0 fully saturated rings. The molecular formula is C3H7ClO2S. The molecule has 44 valence electrons. The summed E-state index contributed by atoms with van der Waals surface area (Å²) in [6.07, 6.45) is 1.76. The summed E-state index contributed by atoms with van der Waals surface area (Å²) in [5.41, 5.74) is 0. The summed E-state index contributed by atoms with van der Waals surface area (Å²) in [5, 5.41) is 7.89. The lowest BCUT2D eigenvalue weighted by atomic mass is 10.8. The lowest BCUT2D eigenvalue weighted by molar-refractivity contribution is -0.133. The zero-order valence-corrected chi connectivity index (χ0v) is 5.51. The molecule has 1 N–H and O–H groups in total. The van der Waals surface area contributed by atoms with Crippen LogP contribution in [-0.4, -0.2) is 23.1 Å². The van der Waals surface area contributed by atoms with Crippen LogP contribution < -0.4 is 0 Å². The van der Waals surface area contributed by atoms with E-state index in [0.29, 0.717) is 0 Å². The van der Waals surface area contributed by atoms with Gasteiger partial charge in [-0.2, -0.15) is 11.8 Å². The van der Waals surface area contributed by atoms with Crippen molar-refractivity contribution in [3.05, 3.63) is 0 Å². The minimum Gasteiger partial charge on any atom is -0.481 e. The third kappa shape index (κ3) is 10.7. The minimum atomic E-state index is -0.748. The van der Waals surface area contributed by atoms with Gasteiger partial charge in [0.1, 0.15) is 0 Å². The Morgan fingerprint density at radius 1 is 1.86 bits per heavy atom. The molecule has 0 spiro atoms. The van der Waals surface area contributed by atoms with Gasteiger partial charge in [0, 0.05) is 0 Å². The molecule has 0 atom stereocenters. The Hall–Kier alpha value is 0.110. The molecule has 0 heterocycles. The fourth-order valence-electron chi connectivity index (χ4n) is 0.123. The van der Waals surface area contributed by atoms with Crippen LogP contribution in [-0.2, 0) is 4.79 Å². The number of halogens is 1. The molecule has 0 rings (SSSR count). The lowest BCUT2D eigenvalue weighted by Crippen LogP contribution is -1.95. The van der Waals surface area contributed by atoms with E-state index in [9.17, 15) is 4.79 Å². The second-order valence-electron chi connectivity index (χ2n) is 0.827. The molecule has 0 saturated carbocycles. The van der Waals surface area contributed by atoms with Gasteiger partial charge in [0.15, 0.2) is 0 Å². The number of thioether (sulfide) groups is 1. The van der Waals surface area contributed by atoms with Crippen molar-refractivity contribution in [3.63, 3.8) is 0 Å². The summed E-state index contributed by atoms with van der Waals surface area (Å²) >= 11 is 1.31. The van der Waals surface area contributed by atoms with Crippen LogP contribution in [0.15, 0.2) is 0 Å². The van der Waals surface area contributed by atoms with Gasteiger partial charge < -0.3 is 5.11 Å². The molecule has 0 aliphatic rings. The molecule has 0 unspecified atom stereocenters. The van der Waals surface area contributed by atoms with E-state index in [4.69, 9.17) is 5.11 Å². The van der Waals surface area contributed by atoms with Crippen LogP contribution in [0.25, 0.3) is 0 Å². The van der Waals surface area contributed by atoms with Crippen molar-refractivity contribution < 1.29 is 9.90 Å². The maximum atomic E-state index is 9.58. The Labute approximate surface area is 52.7 Å². The van der Waals surface area contributed by atoms with Gasteiger partial charge >= 0.3 is 5.97 Å². The van der Waals surface area contributed by atoms with Gasteiger partial charge in [0.2, 0.25) is 0 Å². The molecule has 0 aliphatic carbocycles. The van der Waals surface area contributed by atoms with E-state index in [1.807, 2.05) is 0 Å². The third-order valence-electron chi connectivity index (χ3n) is 0.268. The first-order valence-corrected chi connectivity index (χ1v) is 2.87. The van der Waals surface area contributed by atoms with Gasteiger partial charge in [-0.1, -0.05) is 0 Å². The number of aliphatic carboxylic acids is 1. The van der Waals surface area contributed by atoms with Gasteiger partial charge in [-0.05, 0) is 6.26 Å². The highest BCUT2D eigenvalue weighted by Gasteiger charge is 1.87. The topological polar surface area (TPSA) is 37.3 Å². The molecule has 0 aliphatic heterocycles. The molecule has 0 aromatic carbocycles. The van der Waals surface area contributed by atoms with Crippen LogP contribution in [0.2, 0.25) is 0 Å². The van der Waals surface area contributed by atoms with Crippen molar-refractivity contribution in [1.29, 1.82) is 0 Å². The van der Waals surface area contributed by atoms with Crippen molar-refractivity contribution >= 4 is 30.1 Å². The zero-order chi connectivity index (χ0) is 4.99. The maximum Gasteiger partial charge on any atom is 0.313 e. The summed E-state index contributed by atoms with van der Waals surface area (Å²) in [6, 6.07) is 0. The molecule has 0 aromatic heterocycles. The molecule has 0 amide bonds. The average molecular weight is 143 g/mol. The Kier molecular flexibility index (Phi) is 8.87. The maximum absolute atomic E-state index is 9.58. The largest absolute Gasteiger partial charge is 0.481 e. The Morgan fingerprint density at radius 2 is 2.29 bits per heavy atom. The predicted octanol–water partition coefficient (Wildman–Crippen LogP) is 0.856. The van der Waals surface area contributed by atoms with Crippen LogP contribution in [0.1, 0.15) is 0 Å². The number of hydrogen-bond donors (Lipinski definition) is 1. The van der Waals surface area contributed by atoms with E-state index >= 15 is 0 Å². The van der Waals surface area contributed by atoms with Crippen LogP contribution >= 0.6 is 24.2 Å². The van der Waals surface area contributed by atoms with E-state index in [1.54, 1.807) is 6.26 Å². The second-order valence-corrected chi connectivity index (χ2v) is 1.69. The first-order valence-electron chi connectivity index (χ1n) is 1.48. The molecular weight excluding hydrogens is 136 g/mol. The second kappa shape index (κ2) is 6.11. The normalized spacial score (nSPS) is 7.00. The van der Waals surface area contributed by atoms with Crippen LogP contribution in [0.3, 0.4) is 0 Å². The standard InChI is InChI=1S/C3H6O2S.ClH/c1-6-2-3(4)5;/h2H2,1H3,(H,4,5);1H. The highest BCUT2D eigenvalue weighted by Crippen LogP contribution is 1.87. The van der Waals surface area contributed by atoms with Crippen molar-refractivity contribution in [2.24, 2.45) is 0 Å². The fraction of sp³-hybridized carbons (Fsp3) is 0.667. The highest BCUT2D eigenvalue weighted by atomic mass is 35.5. The molecule has 0 bridgehead atoms. The van der Waals surface area contributed by atoms with Crippen LogP contribution in [0.4, 0.5) is 0 Å². The summed E-state index contributed by atoms with van der Waals surface area (Å²) in [5.74, 6) is -0.539. The quantitative estimate of drug-likeness (QED) is 0.622. The van der Waals surface area contributed by atoms with E-state index in [0.717, 1.165) is 0 Å². The van der Waals surface area contributed by atoms with Crippen molar-refractivity contribution in [2.45, 2.75) is 0 Å². The number of carboxylic acid groups (broad SMARTS) is 1. The summed E-state index contributed by atoms with van der Waals surface area (Å²) < 4.78 is 0. The van der Waals surface area contributed by atoms with Gasteiger partial charge in [-0.25, -0.2) is 0 Å². The SMILES string of the molecule is CSCC(=O)O.Cl. The van der Waals surface area contributed by atoms with Crippen molar-refractivity contribution in [1.82, 2.24) is 0 Å². The van der Waals surface area contributed by atoms with Gasteiger partial charge in [-0.3, -0.25) is 4.79 Å². The molecule has 4 heteroatoms. The van der Waals surface area contributed by atoms with Crippen molar-refractivity contribution in [3.8, 4) is 0 Å². The Morgan fingerprint density at radius 3 is 2.29 bits per heavy atom. The molecule has 0 radical (unpaired) electrons. The van der Waals surface area contributed by atoms with Gasteiger partial charge in [-0.15, -0.1) is 12.4 Å². The number of carbonyl (C=O) groups is 1. The molecule has 0 aromatic rings. The summed E-state index contributed by atoms with van der Waals surface area (Å²) in [6.45, 7) is 0. The fourth-order valence-corrected chi connectivity index (χ4v) is 0.370. The van der Waals surface area contributed by atoms with Gasteiger partial charge in [0.05, 0.1) is 5.75 Å². The zero-order valence-electron chi connectivity index (χ0n) is 3.88. The minimum absolute atomic E-state index is 0. The Bertz CT molecular complexity index is 56.9. The number of carboxylic acids is 1. The Balaban J connectivity index is 0. The van der Waals surface area contributed by atoms with E-state index in [2.05, 4.69) is 0 Å². The summed E-state index contributed by atoms with van der Waals surface area (Å²) in [7, 11) is 0. The number of rotatable bonds is 2. The molecule has 0 saturated heterocycles. The van der Waals surface area contributed by atoms with Crippen LogP contribution in [0, 0.1) is 0 Å². The average Bonchev–Trinajstić information content (AvgIpc) is 1.35. The third-order valence-corrected chi connectivity index (χ3v) is 0.803. The monoisotopic (exact) mass is 142 g/mol. The van der Waals surface area contributed by atoms with E-state index < -0.39 is 5.97 Å². The van der Waals surface area contributed by atoms with E-state index in [-0.39, 0.29) is 18.2 Å². The summed E-state index contributed by atoms with van der Waals surface area (Å²) in [4.78, 5) is 9.58. The van der Waals surface area contributed by atoms with E-state index in [1.165, 1.54) is 11.8 Å². The molecule has 2 nitrogen and oxygen atoms in total. The predicted molar refractivity (Wildman–Crippen MR) is 33.3 cm³/mol. The highest BCUT2D eigenvalue weighted by molar-refractivity contribution is 7.99. The smallest absolute Gasteiger partial charge is 0.313 e. The van der Waals surface area contributed by atoms with Crippen LogP contribution in [0.5, 0.6) is 0 Å². The lowest BCUT2D eigenvalue weighted by Gasteiger charge is -1.80.